The predicted octanol–water partition coefficient (Wildman–Crippen LogP) is 6.40. The molecule has 1 aliphatic heterocycles. The van der Waals surface area contributed by atoms with Crippen LogP contribution < -0.4 is 11.1 Å². The van der Waals surface area contributed by atoms with E-state index in [9.17, 15) is 4.79 Å². The third-order valence-electron chi connectivity index (χ3n) is 7.73. The van der Waals surface area contributed by atoms with Gasteiger partial charge in [0, 0.05) is 25.4 Å². The minimum absolute atomic E-state index is 0.0475. The number of nitrogen functional groups attached to an aromatic ring is 1. The molecule has 3 aromatic heterocycles. The zero-order valence-corrected chi connectivity index (χ0v) is 26.3. The second-order valence-corrected chi connectivity index (χ2v) is 11.7. The summed E-state index contributed by atoms with van der Waals surface area (Å²) in [7, 11) is 0. The molecule has 0 radical (unpaired) electrons. The Morgan fingerprint density at radius 1 is 0.911 bits per heavy atom. The summed E-state index contributed by atoms with van der Waals surface area (Å²) in [5.41, 5.74) is 11.7. The molecule has 2 aromatic carbocycles. The van der Waals surface area contributed by atoms with Gasteiger partial charge in [0.2, 0.25) is 11.9 Å². The van der Waals surface area contributed by atoms with E-state index >= 15 is 0 Å². The van der Waals surface area contributed by atoms with Gasteiger partial charge in [-0.05, 0) is 60.0 Å². The van der Waals surface area contributed by atoms with Crippen molar-refractivity contribution in [2.24, 2.45) is 5.92 Å². The van der Waals surface area contributed by atoms with E-state index in [1.807, 2.05) is 17.3 Å². The van der Waals surface area contributed by atoms with Crippen LogP contribution in [0.4, 0.5) is 5.95 Å². The summed E-state index contributed by atoms with van der Waals surface area (Å²) in [4.78, 5) is 38.1. The van der Waals surface area contributed by atoms with E-state index in [1.54, 1.807) is 18.5 Å². The lowest BCUT2D eigenvalue weighted by Crippen LogP contribution is -2.31. The number of carbonyl (C=O) groups is 1. The molecule has 234 valence electrons. The lowest BCUT2D eigenvalue weighted by atomic mass is 10.0. The van der Waals surface area contributed by atoms with Crippen LogP contribution >= 0.6 is 0 Å². The first-order valence-electron chi connectivity index (χ1n) is 15.7. The van der Waals surface area contributed by atoms with Gasteiger partial charge in [-0.1, -0.05) is 69.3 Å². The summed E-state index contributed by atoms with van der Waals surface area (Å²) in [5, 5.41) is 3.38. The highest BCUT2D eigenvalue weighted by Crippen LogP contribution is 2.33. The maximum absolute atomic E-state index is 12.7. The molecule has 1 amide bonds. The van der Waals surface area contributed by atoms with Crippen LogP contribution in [-0.4, -0.2) is 53.8 Å². The normalized spacial score (nSPS) is 14.4. The van der Waals surface area contributed by atoms with Crippen LogP contribution in [-0.2, 0) is 11.3 Å². The number of aromatic nitrogens is 6. The summed E-state index contributed by atoms with van der Waals surface area (Å²) in [6.45, 7) is 8.90. The van der Waals surface area contributed by atoms with Gasteiger partial charge in [0.1, 0.15) is 11.6 Å². The molecule has 1 atom stereocenters. The minimum Gasteiger partial charge on any atom is -0.368 e. The van der Waals surface area contributed by atoms with Crippen molar-refractivity contribution in [2.75, 3.05) is 18.8 Å². The standard InChI is InChI=1S/C31H38N6O.C4H5N3/c1-4-15-32-20-29-33-18-26(35-29)24-11-7-22(8-12-24)23-9-13-25(14-10-23)27-19-34-31(36-27)28-6-5-16-37(28)30(38)17-21(2)3;5-4-6-2-1-3-7-4/h7-14,18-19,21,28,32H,4-6,15-17,20H2,1-3H3,(H,33,35)(H,34,36);1-3H,(H2,5,6,7). The number of anilines is 1. The Balaban J connectivity index is 0.000000505. The third-order valence-corrected chi connectivity index (χ3v) is 7.73. The Labute approximate surface area is 265 Å². The number of carbonyl (C=O) groups excluding carboxylic acids is 1. The highest BCUT2D eigenvalue weighted by Gasteiger charge is 2.32. The number of rotatable bonds is 10. The van der Waals surface area contributed by atoms with Crippen LogP contribution in [0.25, 0.3) is 33.6 Å². The molecule has 1 aliphatic rings. The van der Waals surface area contributed by atoms with Crippen molar-refractivity contribution in [3.8, 4) is 33.6 Å². The predicted molar refractivity (Wildman–Crippen MR) is 179 cm³/mol. The fourth-order valence-electron chi connectivity index (χ4n) is 5.45. The first kappa shape index (κ1) is 31.6. The van der Waals surface area contributed by atoms with Gasteiger partial charge >= 0.3 is 0 Å². The monoisotopic (exact) mass is 605 g/mol. The maximum Gasteiger partial charge on any atom is 0.223 e. The van der Waals surface area contributed by atoms with Gasteiger partial charge < -0.3 is 25.9 Å². The molecule has 5 N–H and O–H groups in total. The summed E-state index contributed by atoms with van der Waals surface area (Å²) >= 11 is 0. The number of benzene rings is 2. The molecule has 0 spiro atoms. The number of aromatic amines is 2. The molecule has 5 aromatic rings. The second kappa shape index (κ2) is 15.3. The van der Waals surface area contributed by atoms with Crippen LogP contribution in [0.15, 0.2) is 79.4 Å². The van der Waals surface area contributed by atoms with Gasteiger partial charge in [-0.25, -0.2) is 19.9 Å². The minimum atomic E-state index is 0.0475. The van der Waals surface area contributed by atoms with Crippen molar-refractivity contribution in [1.29, 1.82) is 0 Å². The molecule has 4 heterocycles. The van der Waals surface area contributed by atoms with Crippen molar-refractivity contribution >= 4 is 11.9 Å². The number of nitrogens with one attached hydrogen (secondary N) is 3. The molecule has 1 saturated heterocycles. The quantitative estimate of drug-likeness (QED) is 0.135. The summed E-state index contributed by atoms with van der Waals surface area (Å²) in [6.07, 6.45) is 10.7. The van der Waals surface area contributed by atoms with Gasteiger partial charge in [0.25, 0.3) is 0 Å². The van der Waals surface area contributed by atoms with Crippen LogP contribution in [0.5, 0.6) is 0 Å². The number of amides is 1. The Hall–Kier alpha value is -4.83. The van der Waals surface area contributed by atoms with Gasteiger partial charge in [-0.15, -0.1) is 0 Å². The number of nitrogens with two attached hydrogens (primary N) is 1. The fourth-order valence-corrected chi connectivity index (χ4v) is 5.45. The Kier molecular flexibility index (Phi) is 10.7. The number of hydrogen-bond donors (Lipinski definition) is 4. The van der Waals surface area contributed by atoms with Crippen molar-refractivity contribution in [3.63, 3.8) is 0 Å². The van der Waals surface area contributed by atoms with Gasteiger partial charge in [-0.3, -0.25) is 4.79 Å². The summed E-state index contributed by atoms with van der Waals surface area (Å²) in [5.74, 6) is 2.76. The van der Waals surface area contributed by atoms with Gasteiger partial charge in [0.05, 0.1) is 36.4 Å². The number of H-pyrrole nitrogens is 2. The molecule has 10 nitrogen and oxygen atoms in total. The van der Waals surface area contributed by atoms with Crippen LogP contribution in [0.1, 0.15) is 64.1 Å². The average Bonchev–Trinajstić information content (AvgIpc) is 3.83. The molecule has 10 heteroatoms. The van der Waals surface area contributed by atoms with Crippen LogP contribution in [0.2, 0.25) is 0 Å². The average molecular weight is 606 g/mol. The highest BCUT2D eigenvalue weighted by atomic mass is 16.2. The first-order chi connectivity index (χ1) is 21.9. The van der Waals surface area contributed by atoms with E-state index < -0.39 is 0 Å². The number of nitrogens with zero attached hydrogens (tertiary/aromatic N) is 5. The van der Waals surface area contributed by atoms with Gasteiger partial charge in [0.15, 0.2) is 0 Å². The zero-order valence-electron chi connectivity index (χ0n) is 26.3. The molecule has 45 heavy (non-hydrogen) atoms. The maximum atomic E-state index is 12.7. The second-order valence-electron chi connectivity index (χ2n) is 11.7. The lowest BCUT2D eigenvalue weighted by molar-refractivity contribution is -0.133. The van der Waals surface area contributed by atoms with Crippen molar-refractivity contribution < 1.29 is 4.79 Å². The Morgan fingerprint density at radius 2 is 1.51 bits per heavy atom. The topological polar surface area (TPSA) is 142 Å². The van der Waals surface area contributed by atoms with E-state index in [0.29, 0.717) is 18.3 Å². The molecule has 0 aliphatic carbocycles. The lowest BCUT2D eigenvalue weighted by Gasteiger charge is -2.24. The molecule has 1 fully saturated rings. The SMILES string of the molecule is CCCNCc1ncc(-c2ccc(-c3ccc(-c4cnc(C5CCCN5C(=O)CC(C)C)[nH]4)cc3)cc2)[nH]1.Nc1ncccn1. The van der Waals surface area contributed by atoms with E-state index in [-0.39, 0.29) is 11.9 Å². The Morgan fingerprint density at radius 3 is 2.09 bits per heavy atom. The third kappa shape index (κ3) is 8.42. The molecule has 6 rings (SSSR count). The summed E-state index contributed by atoms with van der Waals surface area (Å²) in [6, 6.07) is 18.9. The van der Waals surface area contributed by atoms with E-state index in [1.165, 1.54) is 5.56 Å². The van der Waals surface area contributed by atoms with Crippen molar-refractivity contribution in [2.45, 2.75) is 59.0 Å². The van der Waals surface area contributed by atoms with Gasteiger partial charge in [-0.2, -0.15) is 0 Å². The zero-order chi connectivity index (χ0) is 31.6. The number of imidazole rings is 2. The Bertz CT molecular complexity index is 1630. The smallest absolute Gasteiger partial charge is 0.223 e. The molecular formula is C35H43N9O. The highest BCUT2D eigenvalue weighted by molar-refractivity contribution is 5.77. The van der Waals surface area contributed by atoms with Crippen molar-refractivity contribution in [1.82, 2.24) is 40.1 Å². The van der Waals surface area contributed by atoms with Crippen LogP contribution in [0.3, 0.4) is 0 Å². The van der Waals surface area contributed by atoms with E-state index in [4.69, 9.17) is 5.73 Å². The van der Waals surface area contributed by atoms with Crippen LogP contribution in [0, 0.1) is 5.92 Å². The molecular weight excluding hydrogens is 562 g/mol. The first-order valence-corrected chi connectivity index (χ1v) is 15.7. The van der Waals surface area contributed by atoms with Crippen molar-refractivity contribution in [3.05, 3.63) is 91.0 Å². The summed E-state index contributed by atoms with van der Waals surface area (Å²) < 4.78 is 0. The van der Waals surface area contributed by atoms with E-state index in [0.717, 1.165) is 78.6 Å². The fraction of sp³-hybridized carbons (Fsp3) is 0.343. The number of likely N-dealkylation sites (tertiary alicyclic amines) is 1. The van der Waals surface area contributed by atoms with E-state index in [2.05, 4.69) is 105 Å². The number of hydrogen-bond acceptors (Lipinski definition) is 7. The molecule has 1 unspecified atom stereocenters. The molecule has 0 saturated carbocycles. The molecule has 0 bridgehead atoms. The largest absolute Gasteiger partial charge is 0.368 e.